The van der Waals surface area contributed by atoms with E-state index in [1.165, 1.54) is 0 Å². The van der Waals surface area contributed by atoms with Crippen LogP contribution in [0.15, 0.2) is 53.5 Å². The molecule has 26 heavy (non-hydrogen) atoms. The molecule has 0 bridgehead atoms. The first kappa shape index (κ1) is 15.3. The molecule has 0 spiro atoms. The summed E-state index contributed by atoms with van der Waals surface area (Å²) in [6.45, 7) is 0.642. The predicted octanol–water partition coefficient (Wildman–Crippen LogP) is 3.01. The Morgan fingerprint density at radius 2 is 2.08 bits per heavy atom. The number of carbonyl (C=O) groups excluding carboxylic acids is 1. The van der Waals surface area contributed by atoms with Crippen molar-refractivity contribution >= 4 is 28.2 Å². The summed E-state index contributed by atoms with van der Waals surface area (Å²) in [5.74, 6) is 0.0751. The van der Waals surface area contributed by atoms with Crippen molar-refractivity contribution in [2.45, 2.75) is 25.4 Å². The summed E-state index contributed by atoms with van der Waals surface area (Å²) in [4.78, 5) is 22.2. The average Bonchev–Trinajstić information content (AvgIpc) is 3.36. The summed E-state index contributed by atoms with van der Waals surface area (Å²) in [7, 11) is 0. The molecular formula is C21H19N3O2. The van der Waals surface area contributed by atoms with Gasteiger partial charge in [-0.25, -0.2) is 0 Å². The number of anilines is 1. The van der Waals surface area contributed by atoms with E-state index in [0.29, 0.717) is 19.4 Å². The standard InChI is InChI=1S/C21H19N3O2/c25-12-16-7-8-20(26)24(16)15-6-5-14-11-22-21(17(14)10-15)19-9-13-3-1-2-4-18(13)23-19/h1-6,9-10,16,23,25H,7-8,11-12H2/t16-/m1/s1. The van der Waals surface area contributed by atoms with Gasteiger partial charge in [0.25, 0.3) is 0 Å². The van der Waals surface area contributed by atoms with Gasteiger partial charge in [0.2, 0.25) is 5.91 Å². The molecule has 3 aromatic rings. The molecule has 5 rings (SSSR count). The van der Waals surface area contributed by atoms with Gasteiger partial charge in [-0.1, -0.05) is 24.3 Å². The molecular weight excluding hydrogens is 326 g/mol. The molecule has 0 radical (unpaired) electrons. The number of H-pyrrole nitrogens is 1. The number of carbonyl (C=O) groups is 1. The second-order valence-electron chi connectivity index (χ2n) is 6.92. The number of nitrogens with one attached hydrogen (secondary N) is 1. The number of benzene rings is 2. The van der Waals surface area contributed by atoms with E-state index in [2.05, 4.69) is 23.2 Å². The van der Waals surface area contributed by atoms with Crippen LogP contribution in [0, 0.1) is 0 Å². The fourth-order valence-corrected chi connectivity index (χ4v) is 4.02. The van der Waals surface area contributed by atoms with Gasteiger partial charge in [0.05, 0.1) is 30.6 Å². The van der Waals surface area contributed by atoms with Crippen molar-refractivity contribution in [1.29, 1.82) is 0 Å². The molecule has 1 atom stereocenters. The lowest BCUT2D eigenvalue weighted by atomic mass is 10.0. The first-order chi connectivity index (χ1) is 12.7. The Morgan fingerprint density at radius 1 is 1.19 bits per heavy atom. The molecule has 0 aliphatic carbocycles. The average molecular weight is 345 g/mol. The normalized spacial score (nSPS) is 19.3. The van der Waals surface area contributed by atoms with Gasteiger partial charge < -0.3 is 15.0 Å². The summed E-state index contributed by atoms with van der Waals surface area (Å²) in [6, 6.07) is 16.2. The first-order valence-electron chi connectivity index (χ1n) is 8.93. The van der Waals surface area contributed by atoms with Crippen LogP contribution in [0.4, 0.5) is 5.69 Å². The Morgan fingerprint density at radius 3 is 2.92 bits per heavy atom. The van der Waals surface area contributed by atoms with E-state index in [-0.39, 0.29) is 18.6 Å². The third-order valence-corrected chi connectivity index (χ3v) is 5.36. The monoisotopic (exact) mass is 345 g/mol. The fraction of sp³-hybridized carbons (Fsp3) is 0.238. The molecule has 1 amide bonds. The van der Waals surface area contributed by atoms with Crippen LogP contribution in [0.5, 0.6) is 0 Å². The van der Waals surface area contributed by atoms with E-state index >= 15 is 0 Å². The number of nitrogens with zero attached hydrogens (tertiary/aromatic N) is 2. The molecule has 1 fully saturated rings. The number of aliphatic imine (C=N–C) groups is 1. The van der Waals surface area contributed by atoms with E-state index < -0.39 is 0 Å². The van der Waals surface area contributed by atoms with Gasteiger partial charge in [-0.3, -0.25) is 9.79 Å². The quantitative estimate of drug-likeness (QED) is 0.766. The number of para-hydroxylation sites is 1. The molecule has 5 nitrogen and oxygen atoms in total. The maximum Gasteiger partial charge on any atom is 0.227 e. The van der Waals surface area contributed by atoms with Crippen LogP contribution in [-0.2, 0) is 11.3 Å². The highest BCUT2D eigenvalue weighted by Crippen LogP contribution is 2.32. The van der Waals surface area contributed by atoms with Crippen LogP contribution in [0.25, 0.3) is 10.9 Å². The number of hydrogen-bond acceptors (Lipinski definition) is 3. The van der Waals surface area contributed by atoms with E-state index in [4.69, 9.17) is 4.99 Å². The molecule has 2 aliphatic heterocycles. The number of aliphatic hydroxyl groups is 1. The van der Waals surface area contributed by atoms with Gasteiger partial charge in [-0.05, 0) is 36.2 Å². The fourth-order valence-electron chi connectivity index (χ4n) is 4.02. The van der Waals surface area contributed by atoms with Crippen LogP contribution in [0.1, 0.15) is 29.7 Å². The second kappa shape index (κ2) is 5.81. The minimum absolute atomic E-state index is 0.00815. The van der Waals surface area contributed by atoms with Crippen molar-refractivity contribution < 1.29 is 9.90 Å². The Labute approximate surface area is 151 Å². The molecule has 1 saturated heterocycles. The molecule has 130 valence electrons. The number of aromatic nitrogens is 1. The molecule has 3 heterocycles. The zero-order valence-corrected chi connectivity index (χ0v) is 14.3. The van der Waals surface area contributed by atoms with Gasteiger partial charge >= 0.3 is 0 Å². The highest BCUT2D eigenvalue weighted by Gasteiger charge is 2.32. The van der Waals surface area contributed by atoms with Gasteiger partial charge in [0, 0.05) is 28.6 Å². The van der Waals surface area contributed by atoms with Gasteiger partial charge in [0.1, 0.15) is 0 Å². The molecule has 2 aromatic carbocycles. The third-order valence-electron chi connectivity index (χ3n) is 5.36. The molecule has 2 aliphatic rings. The van der Waals surface area contributed by atoms with E-state index in [1.54, 1.807) is 4.90 Å². The Hall–Kier alpha value is -2.92. The van der Waals surface area contributed by atoms with Gasteiger partial charge in [0.15, 0.2) is 0 Å². The second-order valence-corrected chi connectivity index (χ2v) is 6.92. The van der Waals surface area contributed by atoms with Crippen LogP contribution in [0.2, 0.25) is 0 Å². The summed E-state index contributed by atoms with van der Waals surface area (Å²) in [6.07, 6.45) is 1.20. The Kier molecular flexibility index (Phi) is 3.43. The zero-order chi connectivity index (χ0) is 17.7. The molecule has 5 heteroatoms. The Balaban J connectivity index is 1.57. The summed E-state index contributed by atoms with van der Waals surface area (Å²) in [5, 5.41) is 10.8. The smallest absolute Gasteiger partial charge is 0.227 e. The van der Waals surface area contributed by atoms with Crippen LogP contribution in [-0.4, -0.2) is 34.4 Å². The number of hydrogen-bond donors (Lipinski definition) is 2. The van der Waals surface area contributed by atoms with Crippen LogP contribution < -0.4 is 4.90 Å². The van der Waals surface area contributed by atoms with Crippen LogP contribution in [0.3, 0.4) is 0 Å². The third kappa shape index (κ3) is 2.28. The summed E-state index contributed by atoms with van der Waals surface area (Å²) < 4.78 is 0. The summed E-state index contributed by atoms with van der Waals surface area (Å²) in [5.41, 5.74) is 6.08. The van der Waals surface area contributed by atoms with Crippen molar-refractivity contribution in [3.8, 4) is 0 Å². The van der Waals surface area contributed by atoms with Crippen molar-refractivity contribution in [2.75, 3.05) is 11.5 Å². The van der Waals surface area contributed by atoms with Crippen LogP contribution >= 0.6 is 0 Å². The van der Waals surface area contributed by atoms with Crippen molar-refractivity contribution in [2.24, 2.45) is 4.99 Å². The van der Waals surface area contributed by atoms with E-state index in [0.717, 1.165) is 39.1 Å². The number of amides is 1. The highest BCUT2D eigenvalue weighted by molar-refractivity contribution is 6.16. The predicted molar refractivity (Wildman–Crippen MR) is 102 cm³/mol. The van der Waals surface area contributed by atoms with Crippen molar-refractivity contribution in [3.63, 3.8) is 0 Å². The Bertz CT molecular complexity index is 1020. The number of aromatic amines is 1. The lowest BCUT2D eigenvalue weighted by Crippen LogP contribution is -2.35. The van der Waals surface area contributed by atoms with Crippen molar-refractivity contribution in [3.05, 3.63) is 65.4 Å². The summed E-state index contributed by atoms with van der Waals surface area (Å²) >= 11 is 0. The lowest BCUT2D eigenvalue weighted by Gasteiger charge is -2.24. The van der Waals surface area contributed by atoms with Gasteiger partial charge in [-0.15, -0.1) is 0 Å². The van der Waals surface area contributed by atoms with Crippen molar-refractivity contribution in [1.82, 2.24) is 4.98 Å². The highest BCUT2D eigenvalue weighted by atomic mass is 16.3. The van der Waals surface area contributed by atoms with E-state index in [9.17, 15) is 9.90 Å². The molecule has 0 saturated carbocycles. The first-order valence-corrected chi connectivity index (χ1v) is 8.93. The minimum atomic E-state index is -0.129. The topological polar surface area (TPSA) is 68.7 Å². The number of fused-ring (bicyclic) bond motifs is 2. The SMILES string of the molecule is O=C1CC[C@H](CO)N1c1ccc2c(c1)C(c1cc3ccccc3[nH]1)=NC2. The lowest BCUT2D eigenvalue weighted by molar-refractivity contribution is -0.117. The van der Waals surface area contributed by atoms with Gasteiger partial charge in [-0.2, -0.15) is 0 Å². The number of rotatable bonds is 3. The molecule has 0 unspecified atom stereocenters. The maximum absolute atomic E-state index is 12.3. The molecule has 1 aromatic heterocycles. The molecule has 2 N–H and O–H groups in total. The largest absolute Gasteiger partial charge is 0.394 e. The van der Waals surface area contributed by atoms with E-state index in [1.807, 2.05) is 30.3 Å². The minimum Gasteiger partial charge on any atom is -0.394 e. The zero-order valence-electron chi connectivity index (χ0n) is 14.3. The number of aliphatic hydroxyl groups excluding tert-OH is 1. The maximum atomic E-state index is 12.3.